The molecular formula is C19H26F3N3O5S. The Bertz CT molecular complexity index is 837. The highest BCUT2D eigenvalue weighted by Gasteiger charge is 2.38. The number of carboxylic acids is 1. The van der Waals surface area contributed by atoms with Gasteiger partial charge in [-0.2, -0.15) is 17.5 Å². The third-order valence-electron chi connectivity index (χ3n) is 5.09. The fourth-order valence-corrected chi connectivity index (χ4v) is 5.13. The molecule has 1 aliphatic carbocycles. The monoisotopic (exact) mass is 465 g/mol. The van der Waals surface area contributed by atoms with Crippen molar-refractivity contribution in [3.63, 3.8) is 0 Å². The zero-order valence-electron chi connectivity index (χ0n) is 16.8. The van der Waals surface area contributed by atoms with Gasteiger partial charge in [0.05, 0.1) is 11.4 Å². The van der Waals surface area contributed by atoms with Crippen molar-refractivity contribution in [1.29, 1.82) is 0 Å². The van der Waals surface area contributed by atoms with Gasteiger partial charge < -0.3 is 15.3 Å². The van der Waals surface area contributed by atoms with E-state index >= 15 is 0 Å². The molecule has 1 aromatic rings. The minimum atomic E-state index is -5.08. The summed E-state index contributed by atoms with van der Waals surface area (Å²) in [5, 5.41) is 10.3. The van der Waals surface area contributed by atoms with Crippen LogP contribution in [0.15, 0.2) is 35.2 Å². The highest BCUT2D eigenvalue weighted by atomic mass is 32.2. The summed E-state index contributed by atoms with van der Waals surface area (Å²) >= 11 is 0. The zero-order chi connectivity index (χ0) is 23.1. The summed E-state index contributed by atoms with van der Waals surface area (Å²) in [4.78, 5) is 23.6. The standard InChI is InChI=1S/C17H25N3O3S.C2HF3O2/c21-17(19-12-10-18-11-13-19)14-20(15-6-4-5-7-15)24(22,23)16-8-2-1-3-9-16;3-2(4,5)1(6)7/h1-3,8-9,15,18H,4-7,10-14H2;(H,6,7). The van der Waals surface area contributed by atoms with Gasteiger partial charge in [0.15, 0.2) is 0 Å². The normalized spacial score (nSPS) is 17.9. The number of sulfonamides is 1. The number of alkyl halides is 3. The van der Waals surface area contributed by atoms with Crippen LogP contribution >= 0.6 is 0 Å². The maximum atomic E-state index is 13.1. The molecular weight excluding hydrogens is 439 g/mol. The third kappa shape index (κ3) is 7.18. The average molecular weight is 465 g/mol. The van der Waals surface area contributed by atoms with Gasteiger partial charge in [0.2, 0.25) is 15.9 Å². The number of carbonyl (C=O) groups is 2. The number of nitrogens with one attached hydrogen (secondary N) is 1. The number of rotatable bonds is 5. The molecule has 1 saturated carbocycles. The van der Waals surface area contributed by atoms with Crippen LogP contribution in [0, 0.1) is 0 Å². The van der Waals surface area contributed by atoms with E-state index in [1.165, 1.54) is 4.31 Å². The van der Waals surface area contributed by atoms with Crippen LogP contribution in [-0.2, 0) is 19.6 Å². The van der Waals surface area contributed by atoms with Crippen LogP contribution in [0.5, 0.6) is 0 Å². The predicted octanol–water partition coefficient (Wildman–Crippen LogP) is 1.69. The SMILES string of the molecule is O=C(CN(C1CCCC1)S(=O)(=O)c1ccccc1)N1CCNCC1.O=C(O)C(F)(F)F. The summed E-state index contributed by atoms with van der Waals surface area (Å²) in [6.07, 6.45) is -1.37. The fraction of sp³-hybridized carbons (Fsp3) is 0.579. The van der Waals surface area contributed by atoms with Gasteiger partial charge >= 0.3 is 12.1 Å². The summed E-state index contributed by atoms with van der Waals surface area (Å²) in [7, 11) is -3.65. The van der Waals surface area contributed by atoms with Crippen LogP contribution in [0.2, 0.25) is 0 Å². The number of carbonyl (C=O) groups excluding carboxylic acids is 1. The number of piperazine rings is 1. The summed E-state index contributed by atoms with van der Waals surface area (Å²) < 4.78 is 59.3. The lowest BCUT2D eigenvalue weighted by Crippen LogP contribution is -2.51. The molecule has 12 heteroatoms. The second kappa shape index (κ2) is 10.9. The Morgan fingerprint density at radius 2 is 1.61 bits per heavy atom. The second-order valence-corrected chi connectivity index (χ2v) is 9.13. The molecule has 0 radical (unpaired) electrons. The van der Waals surface area contributed by atoms with Gasteiger partial charge in [-0.15, -0.1) is 0 Å². The highest BCUT2D eigenvalue weighted by molar-refractivity contribution is 7.89. The number of aliphatic carboxylic acids is 1. The Balaban J connectivity index is 0.000000423. The van der Waals surface area contributed by atoms with E-state index in [1.54, 1.807) is 35.2 Å². The summed E-state index contributed by atoms with van der Waals surface area (Å²) in [6, 6.07) is 8.38. The molecule has 1 amide bonds. The van der Waals surface area contributed by atoms with Crippen LogP contribution in [0.1, 0.15) is 25.7 Å². The molecule has 174 valence electrons. The minimum absolute atomic E-state index is 0.0537. The van der Waals surface area contributed by atoms with Crippen LogP contribution < -0.4 is 5.32 Å². The summed E-state index contributed by atoms with van der Waals surface area (Å²) in [5.74, 6) is -2.85. The predicted molar refractivity (Wildman–Crippen MR) is 106 cm³/mol. The van der Waals surface area contributed by atoms with E-state index in [4.69, 9.17) is 9.90 Å². The Morgan fingerprint density at radius 3 is 2.10 bits per heavy atom. The van der Waals surface area contributed by atoms with Crippen molar-refractivity contribution < 1.29 is 36.3 Å². The van der Waals surface area contributed by atoms with Gasteiger partial charge in [-0.05, 0) is 25.0 Å². The van der Waals surface area contributed by atoms with E-state index in [-0.39, 0.29) is 23.4 Å². The van der Waals surface area contributed by atoms with Crippen molar-refractivity contribution in [1.82, 2.24) is 14.5 Å². The van der Waals surface area contributed by atoms with Crippen molar-refractivity contribution in [2.24, 2.45) is 0 Å². The molecule has 1 heterocycles. The fourth-order valence-electron chi connectivity index (χ4n) is 3.48. The number of nitrogens with zero attached hydrogens (tertiary/aromatic N) is 2. The molecule has 2 fully saturated rings. The Labute approximate surface area is 179 Å². The average Bonchev–Trinajstić information content (AvgIpc) is 3.27. The maximum Gasteiger partial charge on any atom is 0.490 e. The van der Waals surface area contributed by atoms with Gasteiger partial charge in [0.25, 0.3) is 0 Å². The van der Waals surface area contributed by atoms with E-state index in [0.29, 0.717) is 13.1 Å². The molecule has 0 unspecified atom stereocenters. The molecule has 1 saturated heterocycles. The van der Waals surface area contributed by atoms with E-state index in [1.807, 2.05) is 0 Å². The van der Waals surface area contributed by atoms with Crippen molar-refractivity contribution in [3.8, 4) is 0 Å². The molecule has 3 rings (SSSR count). The van der Waals surface area contributed by atoms with Crippen molar-refractivity contribution in [2.45, 2.75) is 42.8 Å². The first-order chi connectivity index (χ1) is 14.5. The van der Waals surface area contributed by atoms with Crippen LogP contribution in [-0.4, -0.2) is 79.5 Å². The number of benzene rings is 1. The highest BCUT2D eigenvalue weighted by Crippen LogP contribution is 2.28. The first kappa shape index (κ1) is 25.1. The van der Waals surface area contributed by atoms with Crippen molar-refractivity contribution in [3.05, 3.63) is 30.3 Å². The molecule has 0 bridgehead atoms. The van der Waals surface area contributed by atoms with Gasteiger partial charge in [-0.1, -0.05) is 31.0 Å². The number of amides is 1. The number of hydrogen-bond donors (Lipinski definition) is 2. The molecule has 0 aromatic heterocycles. The first-order valence-corrected chi connectivity index (χ1v) is 11.3. The second-order valence-electron chi connectivity index (χ2n) is 7.24. The Hall–Kier alpha value is -2.18. The van der Waals surface area contributed by atoms with E-state index in [2.05, 4.69) is 5.32 Å². The van der Waals surface area contributed by atoms with E-state index < -0.39 is 22.2 Å². The molecule has 1 aliphatic heterocycles. The van der Waals surface area contributed by atoms with Gasteiger partial charge in [-0.3, -0.25) is 4.79 Å². The third-order valence-corrected chi connectivity index (χ3v) is 7.00. The summed E-state index contributed by atoms with van der Waals surface area (Å²) in [6.45, 7) is 2.76. The molecule has 0 atom stereocenters. The molecule has 2 N–H and O–H groups in total. The first-order valence-electron chi connectivity index (χ1n) is 9.89. The Morgan fingerprint density at radius 1 is 1.10 bits per heavy atom. The summed E-state index contributed by atoms with van der Waals surface area (Å²) in [5.41, 5.74) is 0. The van der Waals surface area contributed by atoms with Gasteiger partial charge in [0, 0.05) is 32.2 Å². The van der Waals surface area contributed by atoms with Crippen LogP contribution in [0.4, 0.5) is 13.2 Å². The molecule has 1 aromatic carbocycles. The molecule has 0 spiro atoms. The van der Waals surface area contributed by atoms with Crippen LogP contribution in [0.25, 0.3) is 0 Å². The lowest BCUT2D eigenvalue weighted by atomic mass is 10.2. The Kier molecular flexibility index (Phi) is 8.83. The molecule has 2 aliphatic rings. The lowest BCUT2D eigenvalue weighted by molar-refractivity contribution is -0.192. The quantitative estimate of drug-likeness (QED) is 0.685. The molecule has 8 nitrogen and oxygen atoms in total. The van der Waals surface area contributed by atoms with E-state index in [9.17, 15) is 26.4 Å². The number of halogens is 3. The zero-order valence-corrected chi connectivity index (χ0v) is 17.7. The van der Waals surface area contributed by atoms with Gasteiger partial charge in [0.1, 0.15) is 0 Å². The minimum Gasteiger partial charge on any atom is -0.475 e. The topological polar surface area (TPSA) is 107 Å². The molecule has 31 heavy (non-hydrogen) atoms. The van der Waals surface area contributed by atoms with Crippen molar-refractivity contribution >= 4 is 21.9 Å². The smallest absolute Gasteiger partial charge is 0.475 e. The maximum absolute atomic E-state index is 13.1. The van der Waals surface area contributed by atoms with Crippen LogP contribution in [0.3, 0.4) is 0 Å². The van der Waals surface area contributed by atoms with E-state index in [0.717, 1.165) is 38.8 Å². The number of carboxylic acid groups (broad SMARTS) is 1. The van der Waals surface area contributed by atoms with Gasteiger partial charge in [-0.25, -0.2) is 13.2 Å². The lowest BCUT2D eigenvalue weighted by Gasteiger charge is -2.32. The number of hydrogen-bond acceptors (Lipinski definition) is 5. The van der Waals surface area contributed by atoms with Crippen molar-refractivity contribution in [2.75, 3.05) is 32.7 Å². The largest absolute Gasteiger partial charge is 0.490 e.